The fraction of sp³-hybridized carbons (Fsp3) is 0.512. The second-order valence-electron chi connectivity index (χ2n) is 11.9. The highest BCUT2D eigenvalue weighted by Crippen LogP contribution is 2.09. The highest BCUT2D eigenvalue weighted by molar-refractivity contribution is 5.83. The molecule has 0 aromatic rings. The fourth-order valence-electron chi connectivity index (χ4n) is 4.55. The molecule has 0 heterocycles. The molecular formula is C43H66N2O5. The van der Waals surface area contributed by atoms with Crippen LogP contribution in [0.15, 0.2) is 109 Å². The Morgan fingerprint density at radius 3 is 1.62 bits per heavy atom. The zero-order chi connectivity index (χ0) is 36.8. The molecule has 50 heavy (non-hydrogen) atoms. The van der Waals surface area contributed by atoms with Gasteiger partial charge in [0.2, 0.25) is 5.91 Å². The van der Waals surface area contributed by atoms with Crippen molar-refractivity contribution in [2.75, 3.05) is 6.54 Å². The molecule has 0 aromatic carbocycles. The molecule has 0 aromatic heterocycles. The van der Waals surface area contributed by atoms with Crippen LogP contribution in [0.25, 0.3) is 0 Å². The molecule has 0 aliphatic rings. The molecule has 7 nitrogen and oxygen atoms in total. The van der Waals surface area contributed by atoms with Crippen molar-refractivity contribution < 1.29 is 24.2 Å². The van der Waals surface area contributed by atoms with E-state index in [1.54, 1.807) is 0 Å². The number of unbranched alkanes of at least 4 members (excludes halogenated alkanes) is 3. The summed E-state index contributed by atoms with van der Waals surface area (Å²) in [4.78, 5) is 35.9. The number of ether oxygens (including phenoxy) is 1. The number of amides is 1. The van der Waals surface area contributed by atoms with Gasteiger partial charge >= 0.3 is 11.9 Å². The first-order chi connectivity index (χ1) is 24.4. The van der Waals surface area contributed by atoms with Crippen LogP contribution in [0.3, 0.4) is 0 Å². The Bertz CT molecular complexity index is 1140. The highest BCUT2D eigenvalue weighted by Gasteiger charge is 2.18. The average molecular weight is 691 g/mol. The molecule has 0 aliphatic heterocycles. The summed E-state index contributed by atoms with van der Waals surface area (Å²) in [5.74, 6) is -1.51. The number of rotatable bonds is 31. The largest absolute Gasteiger partial charge is 0.480 e. The number of carbonyl (C=O) groups is 3. The second-order valence-corrected chi connectivity index (χ2v) is 11.9. The molecule has 4 N–H and O–H groups in total. The quantitative estimate of drug-likeness (QED) is 0.0379. The number of carboxylic acid groups (broad SMARTS) is 1. The van der Waals surface area contributed by atoms with Crippen LogP contribution in [0.1, 0.15) is 123 Å². The molecule has 2 atom stereocenters. The Morgan fingerprint density at radius 2 is 1.10 bits per heavy atom. The number of nitrogens with two attached hydrogens (primary N) is 1. The van der Waals surface area contributed by atoms with Crippen molar-refractivity contribution in [3.05, 3.63) is 109 Å². The molecule has 1 amide bonds. The lowest BCUT2D eigenvalue weighted by Crippen LogP contribution is -2.40. The maximum Gasteiger partial charge on any atom is 0.326 e. The van der Waals surface area contributed by atoms with Crippen molar-refractivity contribution >= 4 is 17.8 Å². The molecule has 0 rings (SSSR count). The van der Waals surface area contributed by atoms with Crippen LogP contribution in [0.2, 0.25) is 0 Å². The van der Waals surface area contributed by atoms with Gasteiger partial charge in [0.15, 0.2) is 0 Å². The average Bonchev–Trinajstić information content (AvgIpc) is 3.10. The van der Waals surface area contributed by atoms with Gasteiger partial charge in [-0.25, -0.2) is 4.79 Å². The van der Waals surface area contributed by atoms with Crippen LogP contribution in [0, 0.1) is 0 Å². The van der Waals surface area contributed by atoms with E-state index in [1.165, 1.54) is 0 Å². The normalized spacial score (nSPS) is 14.0. The molecule has 0 radical (unpaired) electrons. The third kappa shape index (κ3) is 32.6. The highest BCUT2D eigenvalue weighted by atomic mass is 16.5. The van der Waals surface area contributed by atoms with Crippen LogP contribution < -0.4 is 11.1 Å². The van der Waals surface area contributed by atoms with Crippen LogP contribution in [0.4, 0.5) is 0 Å². The van der Waals surface area contributed by atoms with E-state index in [0.29, 0.717) is 45.1 Å². The SMILES string of the molecule is CC/C=C\C/C=C\C/C=C\C/C=C\C/C=C\C/C=C\CCC(=O)OC(/C=C\C/C=C\CC)/C=C\CCCCCC(=O)NC(CCCN)C(=O)O. The Hall–Kier alpha value is -3.97. The minimum Gasteiger partial charge on any atom is -0.480 e. The van der Waals surface area contributed by atoms with E-state index in [2.05, 4.69) is 98.2 Å². The Morgan fingerprint density at radius 1 is 0.600 bits per heavy atom. The molecule has 0 saturated heterocycles. The van der Waals surface area contributed by atoms with Crippen molar-refractivity contribution in [1.29, 1.82) is 0 Å². The number of hydrogen-bond acceptors (Lipinski definition) is 5. The van der Waals surface area contributed by atoms with Crippen molar-refractivity contribution in [3.8, 4) is 0 Å². The number of aliphatic carboxylic acids is 1. The first-order valence-electron chi connectivity index (χ1n) is 18.7. The van der Waals surface area contributed by atoms with Crippen molar-refractivity contribution in [2.24, 2.45) is 5.73 Å². The van der Waals surface area contributed by atoms with Crippen LogP contribution in [0.5, 0.6) is 0 Å². The Labute approximate surface area is 303 Å². The predicted octanol–water partition coefficient (Wildman–Crippen LogP) is 10.1. The molecule has 0 aliphatic carbocycles. The molecule has 0 spiro atoms. The fourth-order valence-corrected chi connectivity index (χ4v) is 4.55. The van der Waals surface area contributed by atoms with Crippen LogP contribution in [-0.4, -0.2) is 41.6 Å². The number of carboxylic acids is 1. The number of esters is 1. The van der Waals surface area contributed by atoms with E-state index in [0.717, 1.165) is 70.6 Å². The van der Waals surface area contributed by atoms with Gasteiger partial charge in [0, 0.05) is 12.8 Å². The third-order valence-corrected chi connectivity index (χ3v) is 7.31. The molecule has 7 heteroatoms. The lowest BCUT2D eigenvalue weighted by Gasteiger charge is -2.13. The van der Waals surface area contributed by atoms with Crippen molar-refractivity contribution in [3.63, 3.8) is 0 Å². The van der Waals surface area contributed by atoms with Crippen molar-refractivity contribution in [1.82, 2.24) is 5.32 Å². The number of allylic oxidation sites excluding steroid dienone is 16. The topological polar surface area (TPSA) is 119 Å². The molecule has 0 bridgehead atoms. The lowest BCUT2D eigenvalue weighted by atomic mass is 10.1. The van der Waals surface area contributed by atoms with Gasteiger partial charge in [-0.2, -0.15) is 0 Å². The van der Waals surface area contributed by atoms with Crippen LogP contribution in [-0.2, 0) is 19.1 Å². The summed E-state index contributed by atoms with van der Waals surface area (Å²) in [5.41, 5.74) is 5.45. The first-order valence-corrected chi connectivity index (χ1v) is 18.7. The molecule has 2 unspecified atom stereocenters. The number of hydrogen-bond donors (Lipinski definition) is 3. The summed E-state index contributed by atoms with van der Waals surface area (Å²) in [6.07, 6.45) is 50.5. The van der Waals surface area contributed by atoms with Crippen LogP contribution >= 0.6 is 0 Å². The second kappa shape index (κ2) is 36.3. The van der Waals surface area contributed by atoms with Gasteiger partial charge in [-0.05, 0) is 109 Å². The lowest BCUT2D eigenvalue weighted by molar-refractivity contribution is -0.145. The molecule has 278 valence electrons. The van der Waals surface area contributed by atoms with Gasteiger partial charge in [-0.15, -0.1) is 0 Å². The maximum absolute atomic E-state index is 12.5. The zero-order valence-electron chi connectivity index (χ0n) is 30.9. The number of nitrogens with one attached hydrogen (secondary N) is 1. The summed E-state index contributed by atoms with van der Waals surface area (Å²) in [6.45, 7) is 4.63. The van der Waals surface area contributed by atoms with E-state index < -0.39 is 18.1 Å². The Kier molecular flexibility index (Phi) is 33.4. The van der Waals surface area contributed by atoms with Gasteiger partial charge < -0.3 is 20.9 Å². The molecule has 0 fully saturated rings. The van der Waals surface area contributed by atoms with E-state index in [-0.39, 0.29) is 11.9 Å². The van der Waals surface area contributed by atoms with E-state index in [9.17, 15) is 19.5 Å². The van der Waals surface area contributed by atoms with E-state index in [4.69, 9.17) is 10.5 Å². The van der Waals surface area contributed by atoms with E-state index in [1.807, 2.05) is 30.4 Å². The van der Waals surface area contributed by atoms with Gasteiger partial charge in [0.1, 0.15) is 12.1 Å². The smallest absolute Gasteiger partial charge is 0.326 e. The molecule has 0 saturated carbocycles. The standard InChI is InChI=1S/C43H66N2O5/c1-3-5-7-9-10-11-12-13-14-15-16-17-18-19-20-21-22-27-31-37-42(47)50-39(33-28-24-8-6-4-2)34-29-25-23-26-30-36-41(46)45-40(43(48)49)35-32-38-44/h5-8,10-11,13-14,16-17,19-20,22,27-29,33-34,39-40H,3-4,9,12,15,18,21,23-26,30-32,35-38,44H2,1-2H3,(H,45,46)(H,48,49)/b7-5-,8-6-,11-10-,14-13-,17-16-,20-19-,27-22-,33-28-,34-29-. The van der Waals surface area contributed by atoms with Gasteiger partial charge in [-0.1, -0.05) is 117 Å². The van der Waals surface area contributed by atoms with Gasteiger partial charge in [-0.3, -0.25) is 9.59 Å². The monoisotopic (exact) mass is 690 g/mol. The summed E-state index contributed by atoms with van der Waals surface area (Å²) in [7, 11) is 0. The minimum atomic E-state index is -1.03. The first kappa shape index (κ1) is 46.0. The Balaban J connectivity index is 4.38. The van der Waals surface area contributed by atoms with E-state index >= 15 is 0 Å². The van der Waals surface area contributed by atoms with Crippen molar-refractivity contribution in [2.45, 2.75) is 135 Å². The molecular weight excluding hydrogens is 624 g/mol. The summed E-state index contributed by atoms with van der Waals surface area (Å²) in [5, 5.41) is 11.8. The van der Waals surface area contributed by atoms with Gasteiger partial charge in [0.05, 0.1) is 0 Å². The minimum absolute atomic E-state index is 0.231. The zero-order valence-corrected chi connectivity index (χ0v) is 30.9. The predicted molar refractivity (Wildman–Crippen MR) is 211 cm³/mol. The summed E-state index contributed by atoms with van der Waals surface area (Å²) >= 11 is 0. The summed E-state index contributed by atoms with van der Waals surface area (Å²) < 4.78 is 5.73. The summed E-state index contributed by atoms with van der Waals surface area (Å²) in [6, 6.07) is -0.884. The third-order valence-electron chi connectivity index (χ3n) is 7.31. The van der Waals surface area contributed by atoms with Gasteiger partial charge in [0.25, 0.3) is 0 Å². The number of carbonyl (C=O) groups excluding carboxylic acids is 2. The maximum atomic E-state index is 12.5.